The zero-order valence-electron chi connectivity index (χ0n) is 12.6. The number of para-hydroxylation sites is 1. The first-order chi connectivity index (χ1) is 10.7. The molecule has 0 spiro atoms. The molecule has 4 heteroatoms. The van der Waals surface area contributed by atoms with Gasteiger partial charge in [-0.25, -0.2) is 4.39 Å². The van der Waals surface area contributed by atoms with Crippen LogP contribution in [0, 0.1) is 5.82 Å². The van der Waals surface area contributed by atoms with Crippen molar-refractivity contribution < 1.29 is 13.5 Å². The number of ether oxygens (including phenoxy) is 1. The summed E-state index contributed by atoms with van der Waals surface area (Å²) in [6, 6.07) is 15.0. The van der Waals surface area contributed by atoms with Gasteiger partial charge in [0.15, 0.2) is 11.6 Å². The summed E-state index contributed by atoms with van der Waals surface area (Å²) in [6.45, 7) is 2.40. The molecular weight excluding hydrogens is 281 g/mol. The van der Waals surface area contributed by atoms with Crippen LogP contribution in [0.5, 0.6) is 5.75 Å². The van der Waals surface area contributed by atoms with Crippen LogP contribution in [0.2, 0.25) is 0 Å². The molecule has 0 aliphatic heterocycles. The van der Waals surface area contributed by atoms with Crippen LogP contribution in [0.25, 0.3) is 11.0 Å². The normalized spacial score (nSPS) is 12.5. The number of rotatable bonds is 5. The molecule has 114 valence electrons. The lowest BCUT2D eigenvalue weighted by atomic mass is 10.1. The van der Waals surface area contributed by atoms with E-state index < -0.39 is 0 Å². The van der Waals surface area contributed by atoms with Gasteiger partial charge in [0.05, 0.1) is 13.2 Å². The lowest BCUT2D eigenvalue weighted by Gasteiger charge is -2.12. The van der Waals surface area contributed by atoms with Gasteiger partial charge in [-0.15, -0.1) is 0 Å². The van der Waals surface area contributed by atoms with E-state index in [1.807, 2.05) is 37.3 Å². The van der Waals surface area contributed by atoms with Crippen molar-refractivity contribution in [3.05, 3.63) is 65.7 Å². The van der Waals surface area contributed by atoms with E-state index in [2.05, 4.69) is 5.32 Å². The van der Waals surface area contributed by atoms with Crippen LogP contribution in [0.1, 0.15) is 24.3 Å². The molecule has 3 nitrogen and oxygen atoms in total. The van der Waals surface area contributed by atoms with Crippen LogP contribution in [0.3, 0.4) is 0 Å². The molecule has 1 N–H and O–H groups in total. The van der Waals surface area contributed by atoms with Crippen LogP contribution < -0.4 is 10.1 Å². The molecule has 0 saturated carbocycles. The molecule has 0 aliphatic rings. The van der Waals surface area contributed by atoms with Gasteiger partial charge in [0, 0.05) is 17.5 Å². The molecule has 0 amide bonds. The molecule has 2 aromatic carbocycles. The molecule has 3 rings (SSSR count). The quantitative estimate of drug-likeness (QED) is 0.756. The SMILES string of the molecule is COc1cccc(CNC(C)c2cc3ccccc3o2)c1F. The second-order valence-corrected chi connectivity index (χ2v) is 5.22. The van der Waals surface area contributed by atoms with Crippen molar-refractivity contribution in [2.45, 2.75) is 19.5 Å². The topological polar surface area (TPSA) is 34.4 Å². The van der Waals surface area contributed by atoms with Gasteiger partial charge >= 0.3 is 0 Å². The molecular formula is C18H18FNO2. The summed E-state index contributed by atoms with van der Waals surface area (Å²) in [5, 5.41) is 4.35. The maximum Gasteiger partial charge on any atom is 0.169 e. The summed E-state index contributed by atoms with van der Waals surface area (Å²) in [7, 11) is 1.46. The fourth-order valence-corrected chi connectivity index (χ4v) is 2.43. The third-order valence-corrected chi connectivity index (χ3v) is 3.73. The Kier molecular flexibility index (Phi) is 4.11. The molecule has 1 heterocycles. The second-order valence-electron chi connectivity index (χ2n) is 5.22. The van der Waals surface area contributed by atoms with Crippen LogP contribution in [-0.2, 0) is 6.54 Å². The lowest BCUT2D eigenvalue weighted by Crippen LogP contribution is -2.18. The Hall–Kier alpha value is -2.33. The van der Waals surface area contributed by atoms with Crippen LogP contribution in [0.4, 0.5) is 4.39 Å². The second kappa shape index (κ2) is 6.20. The zero-order valence-corrected chi connectivity index (χ0v) is 12.6. The van der Waals surface area contributed by atoms with E-state index in [4.69, 9.17) is 9.15 Å². The van der Waals surface area contributed by atoms with Crippen LogP contribution >= 0.6 is 0 Å². The minimum atomic E-state index is -0.325. The Morgan fingerprint density at radius 3 is 2.77 bits per heavy atom. The van der Waals surface area contributed by atoms with Crippen molar-refractivity contribution >= 4 is 11.0 Å². The molecule has 22 heavy (non-hydrogen) atoms. The van der Waals surface area contributed by atoms with E-state index in [9.17, 15) is 4.39 Å². The molecule has 0 bridgehead atoms. The van der Waals surface area contributed by atoms with Crippen molar-refractivity contribution in [2.24, 2.45) is 0 Å². The molecule has 0 fully saturated rings. The van der Waals surface area contributed by atoms with Crippen molar-refractivity contribution in [1.29, 1.82) is 0 Å². The monoisotopic (exact) mass is 299 g/mol. The van der Waals surface area contributed by atoms with Gasteiger partial charge in [-0.2, -0.15) is 0 Å². The standard InChI is InChI=1S/C18H18FNO2/c1-12(17-10-13-6-3-4-8-15(13)22-17)20-11-14-7-5-9-16(21-2)18(14)19/h3-10,12,20H,11H2,1-2H3. The number of hydrogen-bond donors (Lipinski definition) is 1. The van der Waals surface area contributed by atoms with Crippen molar-refractivity contribution in [3.63, 3.8) is 0 Å². The maximum atomic E-state index is 14.1. The lowest BCUT2D eigenvalue weighted by molar-refractivity contribution is 0.381. The van der Waals surface area contributed by atoms with Crippen LogP contribution in [0.15, 0.2) is 52.9 Å². The summed E-state index contributed by atoms with van der Waals surface area (Å²) in [4.78, 5) is 0. The van der Waals surface area contributed by atoms with E-state index in [0.717, 1.165) is 16.7 Å². The van der Waals surface area contributed by atoms with Gasteiger partial charge in [0.2, 0.25) is 0 Å². The van der Waals surface area contributed by atoms with E-state index in [0.29, 0.717) is 12.1 Å². The highest BCUT2D eigenvalue weighted by Crippen LogP contribution is 2.25. The first kappa shape index (κ1) is 14.6. The third-order valence-electron chi connectivity index (χ3n) is 3.73. The largest absolute Gasteiger partial charge is 0.494 e. The maximum absolute atomic E-state index is 14.1. The first-order valence-corrected chi connectivity index (χ1v) is 7.22. The Morgan fingerprint density at radius 1 is 1.18 bits per heavy atom. The molecule has 1 atom stereocenters. The summed E-state index contributed by atoms with van der Waals surface area (Å²) < 4.78 is 24.9. The number of nitrogens with one attached hydrogen (secondary N) is 1. The average Bonchev–Trinajstić information content (AvgIpc) is 2.98. The molecule has 0 radical (unpaired) electrons. The summed E-state index contributed by atoms with van der Waals surface area (Å²) in [5.41, 5.74) is 1.43. The Balaban J connectivity index is 1.73. The summed E-state index contributed by atoms with van der Waals surface area (Å²) in [6.07, 6.45) is 0. The Labute approximate surface area is 128 Å². The van der Waals surface area contributed by atoms with Crippen molar-refractivity contribution in [2.75, 3.05) is 7.11 Å². The minimum absolute atomic E-state index is 0.0157. The molecule has 0 saturated heterocycles. The fraction of sp³-hybridized carbons (Fsp3) is 0.222. The van der Waals surface area contributed by atoms with E-state index in [-0.39, 0.29) is 17.6 Å². The number of furan rings is 1. The smallest absolute Gasteiger partial charge is 0.169 e. The molecule has 0 aliphatic carbocycles. The van der Waals surface area contributed by atoms with Gasteiger partial charge in [0.25, 0.3) is 0 Å². The highest BCUT2D eigenvalue weighted by molar-refractivity contribution is 5.77. The fourth-order valence-electron chi connectivity index (χ4n) is 2.43. The predicted molar refractivity (Wildman–Crippen MR) is 84.4 cm³/mol. The highest BCUT2D eigenvalue weighted by Gasteiger charge is 2.13. The number of benzene rings is 2. The number of hydrogen-bond acceptors (Lipinski definition) is 3. The van der Waals surface area contributed by atoms with Gasteiger partial charge in [-0.3, -0.25) is 0 Å². The van der Waals surface area contributed by atoms with Crippen molar-refractivity contribution in [3.8, 4) is 5.75 Å². The number of halogens is 1. The molecule has 3 aromatic rings. The first-order valence-electron chi connectivity index (χ1n) is 7.22. The molecule has 1 unspecified atom stereocenters. The van der Waals surface area contributed by atoms with Gasteiger partial charge < -0.3 is 14.5 Å². The van der Waals surface area contributed by atoms with E-state index in [1.54, 1.807) is 18.2 Å². The average molecular weight is 299 g/mol. The minimum Gasteiger partial charge on any atom is -0.494 e. The predicted octanol–water partition coefficient (Wildman–Crippen LogP) is 4.43. The number of fused-ring (bicyclic) bond motifs is 1. The number of methoxy groups -OCH3 is 1. The van der Waals surface area contributed by atoms with Crippen molar-refractivity contribution in [1.82, 2.24) is 5.32 Å². The summed E-state index contributed by atoms with van der Waals surface area (Å²) in [5.74, 6) is 0.773. The van der Waals surface area contributed by atoms with Gasteiger partial charge in [-0.05, 0) is 25.1 Å². The zero-order chi connectivity index (χ0) is 15.5. The van der Waals surface area contributed by atoms with E-state index in [1.165, 1.54) is 7.11 Å². The Morgan fingerprint density at radius 2 is 2.00 bits per heavy atom. The van der Waals surface area contributed by atoms with Gasteiger partial charge in [-0.1, -0.05) is 30.3 Å². The Bertz CT molecular complexity index is 749. The summed E-state index contributed by atoms with van der Waals surface area (Å²) >= 11 is 0. The third kappa shape index (κ3) is 2.83. The molecule has 1 aromatic heterocycles. The van der Waals surface area contributed by atoms with Gasteiger partial charge in [0.1, 0.15) is 11.3 Å². The van der Waals surface area contributed by atoms with E-state index >= 15 is 0 Å². The van der Waals surface area contributed by atoms with Crippen LogP contribution in [-0.4, -0.2) is 7.11 Å². The highest BCUT2D eigenvalue weighted by atomic mass is 19.1.